The molecule has 1 atom stereocenters. The number of aryl methyl sites for hydroxylation is 2. The van der Waals surface area contributed by atoms with Crippen LogP contribution in [0.3, 0.4) is 0 Å². The van der Waals surface area contributed by atoms with Gasteiger partial charge in [-0.2, -0.15) is 5.10 Å². The standard InChI is InChI=1S/C19H26N6O2S/c1-11(2)10-25-17(15-8-7-9-27-15)21-22-19(25)28-14(5)18(26)20-16-12(3)23-24(6)13(16)4/h7-9,11,14H,10H2,1-6H3,(H,20,26)/t14-/m0/s1. The van der Waals surface area contributed by atoms with Gasteiger partial charge in [-0.1, -0.05) is 25.6 Å². The lowest BCUT2D eigenvalue weighted by Gasteiger charge is -2.15. The summed E-state index contributed by atoms with van der Waals surface area (Å²) in [5, 5.41) is 16.3. The number of rotatable bonds is 7. The van der Waals surface area contributed by atoms with E-state index in [2.05, 4.69) is 34.5 Å². The van der Waals surface area contributed by atoms with Gasteiger partial charge in [-0.05, 0) is 38.8 Å². The molecule has 8 nitrogen and oxygen atoms in total. The summed E-state index contributed by atoms with van der Waals surface area (Å²) >= 11 is 1.38. The Morgan fingerprint density at radius 3 is 2.61 bits per heavy atom. The van der Waals surface area contributed by atoms with Crippen LogP contribution in [0.4, 0.5) is 5.69 Å². The molecule has 0 bridgehead atoms. The number of aromatic nitrogens is 5. The van der Waals surface area contributed by atoms with Crippen molar-refractivity contribution in [2.45, 2.75) is 51.6 Å². The van der Waals surface area contributed by atoms with Crippen LogP contribution in [0.5, 0.6) is 0 Å². The van der Waals surface area contributed by atoms with Crippen LogP contribution >= 0.6 is 11.8 Å². The fraction of sp³-hybridized carbons (Fsp3) is 0.474. The van der Waals surface area contributed by atoms with Gasteiger partial charge in [-0.3, -0.25) is 14.0 Å². The molecule has 3 rings (SSSR count). The SMILES string of the molecule is Cc1nn(C)c(C)c1NC(=O)[C@H](C)Sc1nnc(-c2ccco2)n1CC(C)C. The maximum Gasteiger partial charge on any atom is 0.237 e. The monoisotopic (exact) mass is 402 g/mol. The van der Waals surface area contributed by atoms with E-state index in [1.54, 1.807) is 10.9 Å². The summed E-state index contributed by atoms with van der Waals surface area (Å²) in [6.07, 6.45) is 1.62. The van der Waals surface area contributed by atoms with E-state index in [9.17, 15) is 4.79 Å². The summed E-state index contributed by atoms with van der Waals surface area (Å²) in [6, 6.07) is 3.69. The van der Waals surface area contributed by atoms with Crippen LogP contribution in [0.1, 0.15) is 32.2 Å². The lowest BCUT2D eigenvalue weighted by atomic mass is 10.2. The van der Waals surface area contributed by atoms with Gasteiger partial charge in [0.15, 0.2) is 16.7 Å². The van der Waals surface area contributed by atoms with E-state index in [0.29, 0.717) is 22.7 Å². The first-order valence-electron chi connectivity index (χ1n) is 9.22. The second-order valence-corrected chi connectivity index (χ2v) is 8.51. The van der Waals surface area contributed by atoms with E-state index in [0.717, 1.165) is 23.6 Å². The number of carbonyl (C=O) groups excluding carboxylic acids is 1. The first-order valence-corrected chi connectivity index (χ1v) is 10.1. The number of nitrogens with one attached hydrogen (secondary N) is 1. The van der Waals surface area contributed by atoms with Crippen LogP contribution in [-0.2, 0) is 18.4 Å². The van der Waals surface area contributed by atoms with Crippen molar-refractivity contribution in [2.75, 3.05) is 5.32 Å². The molecule has 1 amide bonds. The fourth-order valence-electron chi connectivity index (χ4n) is 2.88. The van der Waals surface area contributed by atoms with Gasteiger partial charge in [-0.25, -0.2) is 0 Å². The number of amides is 1. The van der Waals surface area contributed by atoms with Crippen molar-refractivity contribution < 1.29 is 9.21 Å². The molecule has 1 N–H and O–H groups in total. The van der Waals surface area contributed by atoms with Crippen LogP contribution in [0, 0.1) is 19.8 Å². The highest BCUT2D eigenvalue weighted by Gasteiger charge is 2.23. The van der Waals surface area contributed by atoms with E-state index < -0.39 is 0 Å². The second kappa shape index (κ2) is 8.22. The summed E-state index contributed by atoms with van der Waals surface area (Å²) in [5.74, 6) is 1.64. The molecule has 0 aliphatic heterocycles. The third-order valence-electron chi connectivity index (χ3n) is 4.41. The molecule has 0 spiro atoms. The number of nitrogens with zero attached hydrogens (tertiary/aromatic N) is 5. The quantitative estimate of drug-likeness (QED) is 0.607. The van der Waals surface area contributed by atoms with Gasteiger partial charge in [0.05, 0.1) is 28.6 Å². The average Bonchev–Trinajstić information content (AvgIpc) is 3.33. The smallest absolute Gasteiger partial charge is 0.237 e. The van der Waals surface area contributed by atoms with Crippen molar-refractivity contribution in [1.82, 2.24) is 24.5 Å². The molecular formula is C19H26N6O2S. The Morgan fingerprint density at radius 1 is 1.29 bits per heavy atom. The molecule has 0 saturated carbocycles. The molecular weight excluding hydrogens is 376 g/mol. The molecule has 9 heteroatoms. The molecule has 0 aliphatic rings. The number of thioether (sulfide) groups is 1. The summed E-state index contributed by atoms with van der Waals surface area (Å²) < 4.78 is 9.27. The molecule has 28 heavy (non-hydrogen) atoms. The number of hydrogen-bond donors (Lipinski definition) is 1. The molecule has 0 aromatic carbocycles. The number of anilines is 1. The minimum absolute atomic E-state index is 0.0946. The fourth-order valence-corrected chi connectivity index (χ4v) is 3.74. The summed E-state index contributed by atoms with van der Waals surface area (Å²) in [6.45, 7) is 10.7. The first kappa shape index (κ1) is 20.2. The van der Waals surface area contributed by atoms with Gasteiger partial charge < -0.3 is 9.73 Å². The van der Waals surface area contributed by atoms with Crippen molar-refractivity contribution in [1.29, 1.82) is 0 Å². The minimum Gasteiger partial charge on any atom is -0.461 e. The van der Waals surface area contributed by atoms with Crippen LogP contribution < -0.4 is 5.32 Å². The number of hydrogen-bond acceptors (Lipinski definition) is 6. The Kier molecular flexibility index (Phi) is 5.93. The topological polar surface area (TPSA) is 90.8 Å². The Labute approximate surface area is 168 Å². The lowest BCUT2D eigenvalue weighted by Crippen LogP contribution is -2.23. The molecule has 0 unspecified atom stereocenters. The lowest BCUT2D eigenvalue weighted by molar-refractivity contribution is -0.115. The van der Waals surface area contributed by atoms with Crippen LogP contribution in [-0.4, -0.2) is 35.7 Å². The largest absolute Gasteiger partial charge is 0.461 e. The van der Waals surface area contributed by atoms with Gasteiger partial charge >= 0.3 is 0 Å². The van der Waals surface area contributed by atoms with E-state index in [1.807, 2.05) is 44.5 Å². The first-order chi connectivity index (χ1) is 13.3. The molecule has 0 saturated heterocycles. The van der Waals surface area contributed by atoms with Gasteiger partial charge in [0.25, 0.3) is 0 Å². The summed E-state index contributed by atoms with van der Waals surface area (Å²) in [5.41, 5.74) is 2.49. The zero-order chi connectivity index (χ0) is 20.4. The maximum atomic E-state index is 12.8. The molecule has 0 aliphatic carbocycles. The Balaban J connectivity index is 1.79. The van der Waals surface area contributed by atoms with E-state index >= 15 is 0 Å². The minimum atomic E-state index is -0.349. The van der Waals surface area contributed by atoms with E-state index in [1.165, 1.54) is 11.8 Å². The number of carbonyl (C=O) groups is 1. The van der Waals surface area contributed by atoms with E-state index in [4.69, 9.17) is 4.42 Å². The normalized spacial score (nSPS) is 12.5. The predicted molar refractivity (Wildman–Crippen MR) is 109 cm³/mol. The highest BCUT2D eigenvalue weighted by atomic mass is 32.2. The third-order valence-corrected chi connectivity index (χ3v) is 5.50. The van der Waals surface area contributed by atoms with Gasteiger partial charge in [0, 0.05) is 13.6 Å². The Hall–Kier alpha value is -2.55. The van der Waals surface area contributed by atoms with Gasteiger partial charge in [0.1, 0.15) is 0 Å². The van der Waals surface area contributed by atoms with Crippen LogP contribution in [0.2, 0.25) is 0 Å². The number of furan rings is 1. The van der Waals surface area contributed by atoms with Gasteiger partial charge in [0.2, 0.25) is 5.91 Å². The molecule has 150 valence electrons. The van der Waals surface area contributed by atoms with E-state index in [-0.39, 0.29) is 11.2 Å². The molecule has 3 heterocycles. The zero-order valence-corrected chi connectivity index (χ0v) is 17.9. The van der Waals surface area contributed by atoms with Gasteiger partial charge in [-0.15, -0.1) is 10.2 Å². The molecule has 0 radical (unpaired) electrons. The van der Waals surface area contributed by atoms with Crippen molar-refractivity contribution in [2.24, 2.45) is 13.0 Å². The predicted octanol–water partition coefficient (Wildman–Crippen LogP) is 3.66. The average molecular weight is 403 g/mol. The summed E-state index contributed by atoms with van der Waals surface area (Å²) in [4.78, 5) is 12.8. The summed E-state index contributed by atoms with van der Waals surface area (Å²) in [7, 11) is 1.86. The Morgan fingerprint density at radius 2 is 2.04 bits per heavy atom. The van der Waals surface area contributed by atoms with Crippen molar-refractivity contribution >= 4 is 23.4 Å². The maximum absolute atomic E-state index is 12.8. The molecule has 3 aromatic heterocycles. The highest BCUT2D eigenvalue weighted by molar-refractivity contribution is 8.00. The zero-order valence-electron chi connectivity index (χ0n) is 17.1. The molecule has 0 fully saturated rings. The molecule has 3 aromatic rings. The van der Waals surface area contributed by atoms with Crippen molar-refractivity contribution in [3.63, 3.8) is 0 Å². The third kappa shape index (κ3) is 4.14. The highest BCUT2D eigenvalue weighted by Crippen LogP contribution is 2.29. The van der Waals surface area contributed by atoms with Crippen LogP contribution in [0.25, 0.3) is 11.6 Å². The van der Waals surface area contributed by atoms with Crippen LogP contribution in [0.15, 0.2) is 28.0 Å². The second-order valence-electron chi connectivity index (χ2n) is 7.21. The van der Waals surface area contributed by atoms with Crippen molar-refractivity contribution in [3.05, 3.63) is 29.8 Å². The van der Waals surface area contributed by atoms with Crippen molar-refractivity contribution in [3.8, 4) is 11.6 Å². The Bertz CT molecular complexity index is 958.